The molecule has 76 valence electrons. The summed E-state index contributed by atoms with van der Waals surface area (Å²) >= 11 is 0. The van der Waals surface area contributed by atoms with E-state index < -0.39 is 0 Å². The molecule has 2 aromatic heterocycles. The van der Waals surface area contributed by atoms with Crippen molar-refractivity contribution < 1.29 is 4.42 Å². The molecule has 4 atom stereocenters. The lowest BCUT2D eigenvalue weighted by Crippen LogP contribution is -2.65. The average molecular weight is 199 g/mol. The summed E-state index contributed by atoms with van der Waals surface area (Å²) in [5, 5.41) is 0. The molecule has 0 radical (unpaired) electrons. The first-order chi connectivity index (χ1) is 7.40. The van der Waals surface area contributed by atoms with Gasteiger partial charge >= 0.3 is 0 Å². The smallest absolute Gasteiger partial charge is 0.131 e. The number of furan rings is 2. The topological polar surface area (TPSA) is 16.4 Å². The predicted molar refractivity (Wildman–Crippen MR) is 57.2 cm³/mol. The minimum Gasteiger partial charge on any atom is -0.457 e. The van der Waals surface area contributed by atoms with Crippen LogP contribution in [0.3, 0.4) is 0 Å². The van der Waals surface area contributed by atoms with Crippen molar-refractivity contribution in [3.8, 4) is 0 Å². The Balaban J connectivity index is 1.62. The van der Waals surface area contributed by atoms with Gasteiger partial charge in [-0.3, -0.25) is 4.90 Å². The highest BCUT2D eigenvalue weighted by Gasteiger charge is 2.59. The number of rotatable bonds is 1. The molecule has 3 aliphatic rings. The van der Waals surface area contributed by atoms with E-state index in [-0.39, 0.29) is 0 Å². The molecule has 0 aliphatic carbocycles. The predicted octanol–water partition coefficient (Wildman–Crippen LogP) is 2.57. The summed E-state index contributed by atoms with van der Waals surface area (Å²) in [5.74, 6) is 0.770. The highest BCUT2D eigenvalue weighted by molar-refractivity contribution is 5.67. The monoisotopic (exact) mass is 199 g/mol. The van der Waals surface area contributed by atoms with Gasteiger partial charge in [-0.15, -0.1) is 0 Å². The van der Waals surface area contributed by atoms with Gasteiger partial charge in [-0.25, -0.2) is 0 Å². The number of piperidine rings is 1. The number of hydrogen-bond donors (Lipinski definition) is 0. The molecular weight excluding hydrogens is 186 g/mol. The van der Waals surface area contributed by atoms with Crippen LogP contribution in [0.4, 0.5) is 0 Å². The van der Waals surface area contributed by atoms with Gasteiger partial charge in [0.1, 0.15) is 11.2 Å². The van der Waals surface area contributed by atoms with Crippen LogP contribution in [0.1, 0.15) is 30.7 Å². The summed E-state index contributed by atoms with van der Waals surface area (Å²) in [6.45, 7) is 0. The maximum atomic E-state index is 5.66. The minimum atomic E-state index is 0.770. The van der Waals surface area contributed by atoms with Crippen molar-refractivity contribution in [1.82, 2.24) is 4.90 Å². The lowest BCUT2D eigenvalue weighted by atomic mass is 9.80. The third kappa shape index (κ3) is 0.680. The number of hydrogen-bond acceptors (Lipinski definition) is 2. The first kappa shape index (κ1) is 7.29. The number of nitrogens with zero attached hydrogens (tertiary/aromatic N) is 1. The van der Waals surface area contributed by atoms with Gasteiger partial charge in [0.2, 0.25) is 0 Å². The molecule has 2 bridgehead atoms. The van der Waals surface area contributed by atoms with Gasteiger partial charge in [-0.05, 0) is 37.5 Å². The van der Waals surface area contributed by atoms with Crippen molar-refractivity contribution >= 4 is 11.2 Å². The van der Waals surface area contributed by atoms with Crippen LogP contribution in [0.2, 0.25) is 0 Å². The van der Waals surface area contributed by atoms with E-state index in [4.69, 9.17) is 4.42 Å². The summed E-state index contributed by atoms with van der Waals surface area (Å²) in [7, 11) is 0. The van der Waals surface area contributed by atoms with Gasteiger partial charge < -0.3 is 4.42 Å². The SMILES string of the molecule is c1cc2oc1cc2C1CC2CC3CC1N23. The molecule has 2 aromatic rings. The summed E-state index contributed by atoms with van der Waals surface area (Å²) in [4.78, 5) is 2.74. The van der Waals surface area contributed by atoms with E-state index >= 15 is 0 Å². The normalized spacial score (nSPS) is 42.9. The molecular formula is C13H13NO. The van der Waals surface area contributed by atoms with E-state index in [1.165, 1.54) is 24.8 Å². The van der Waals surface area contributed by atoms with Gasteiger partial charge in [0, 0.05) is 29.6 Å². The molecule has 3 fully saturated rings. The van der Waals surface area contributed by atoms with Crippen LogP contribution in [-0.2, 0) is 0 Å². The molecule has 0 spiro atoms. The largest absolute Gasteiger partial charge is 0.457 e. The second-order valence-corrected chi connectivity index (χ2v) is 5.44. The second-order valence-electron chi connectivity index (χ2n) is 5.44. The Labute approximate surface area is 88.2 Å². The third-order valence-corrected chi connectivity index (χ3v) is 4.88. The second kappa shape index (κ2) is 2.07. The van der Waals surface area contributed by atoms with Crippen LogP contribution in [0.25, 0.3) is 11.2 Å². The van der Waals surface area contributed by atoms with Crippen molar-refractivity contribution in [3.05, 3.63) is 23.8 Å². The number of fused-ring (bicyclic) bond motifs is 2. The van der Waals surface area contributed by atoms with E-state index in [0.29, 0.717) is 0 Å². The lowest BCUT2D eigenvalue weighted by Gasteiger charge is -2.57. The zero-order chi connectivity index (χ0) is 9.57. The minimum absolute atomic E-state index is 0.770. The van der Waals surface area contributed by atoms with E-state index in [9.17, 15) is 0 Å². The van der Waals surface area contributed by atoms with Crippen molar-refractivity contribution in [2.45, 2.75) is 43.3 Å². The Morgan fingerprint density at radius 3 is 2.73 bits per heavy atom. The standard InChI is InChI=1S/C13H13NO/c1-2-13-11(6-9(1)15-13)10-4-7-3-8-5-12(10)14(7)8/h1-2,6-8,10,12H,3-5H2. The van der Waals surface area contributed by atoms with Gasteiger partial charge in [0.15, 0.2) is 0 Å². The molecule has 0 saturated carbocycles. The fourth-order valence-corrected chi connectivity index (χ4v) is 4.21. The fraction of sp³-hybridized carbons (Fsp3) is 0.538. The zero-order valence-corrected chi connectivity index (χ0v) is 8.52. The van der Waals surface area contributed by atoms with Gasteiger partial charge in [-0.1, -0.05) is 0 Å². The Morgan fingerprint density at radius 2 is 2.07 bits per heavy atom. The van der Waals surface area contributed by atoms with Crippen molar-refractivity contribution in [2.75, 3.05) is 0 Å². The zero-order valence-electron chi connectivity index (χ0n) is 8.52. The Hall–Kier alpha value is -1.02. The van der Waals surface area contributed by atoms with Gasteiger partial charge in [0.25, 0.3) is 0 Å². The molecule has 0 aromatic carbocycles. The highest BCUT2D eigenvalue weighted by Crippen LogP contribution is 2.57. The molecule has 2 nitrogen and oxygen atoms in total. The lowest BCUT2D eigenvalue weighted by molar-refractivity contribution is -0.0776. The van der Waals surface area contributed by atoms with Crippen LogP contribution in [0.5, 0.6) is 0 Å². The molecule has 0 N–H and O–H groups in total. The Kier molecular flexibility index (Phi) is 1.01. The van der Waals surface area contributed by atoms with Gasteiger partial charge in [0.05, 0.1) is 0 Å². The molecule has 2 heteroatoms. The van der Waals surface area contributed by atoms with Crippen LogP contribution in [0, 0.1) is 0 Å². The van der Waals surface area contributed by atoms with Crippen molar-refractivity contribution in [2.24, 2.45) is 0 Å². The first-order valence-corrected chi connectivity index (χ1v) is 5.99. The van der Waals surface area contributed by atoms with Crippen LogP contribution >= 0.6 is 0 Å². The summed E-state index contributed by atoms with van der Waals surface area (Å²) in [6, 6.07) is 9.19. The fourth-order valence-electron chi connectivity index (χ4n) is 4.21. The highest BCUT2D eigenvalue weighted by atomic mass is 16.3. The van der Waals surface area contributed by atoms with Crippen molar-refractivity contribution in [3.63, 3.8) is 0 Å². The molecule has 4 unspecified atom stereocenters. The Morgan fingerprint density at radius 1 is 1.13 bits per heavy atom. The molecule has 3 aliphatic heterocycles. The van der Waals surface area contributed by atoms with E-state index in [1.807, 2.05) is 0 Å². The van der Waals surface area contributed by atoms with E-state index in [1.54, 1.807) is 0 Å². The van der Waals surface area contributed by atoms with Crippen LogP contribution in [-0.4, -0.2) is 23.0 Å². The Bertz CT molecular complexity index is 531. The molecule has 3 saturated heterocycles. The maximum absolute atomic E-state index is 5.66. The van der Waals surface area contributed by atoms with Crippen LogP contribution < -0.4 is 0 Å². The molecule has 5 rings (SSSR count). The van der Waals surface area contributed by atoms with E-state index in [0.717, 1.165) is 35.2 Å². The molecule has 5 heterocycles. The van der Waals surface area contributed by atoms with Gasteiger partial charge in [-0.2, -0.15) is 0 Å². The summed E-state index contributed by atoms with van der Waals surface area (Å²) in [5.41, 5.74) is 3.69. The van der Waals surface area contributed by atoms with Crippen LogP contribution in [0.15, 0.2) is 22.6 Å². The maximum Gasteiger partial charge on any atom is 0.131 e. The van der Waals surface area contributed by atoms with E-state index in [2.05, 4.69) is 23.1 Å². The third-order valence-electron chi connectivity index (χ3n) is 4.88. The summed E-state index contributed by atoms with van der Waals surface area (Å²) in [6.07, 6.45) is 4.27. The summed E-state index contributed by atoms with van der Waals surface area (Å²) < 4.78 is 5.66. The average Bonchev–Trinajstić information content (AvgIpc) is 2.81. The van der Waals surface area contributed by atoms with Crippen molar-refractivity contribution in [1.29, 1.82) is 0 Å². The first-order valence-electron chi connectivity index (χ1n) is 5.99. The molecule has 15 heavy (non-hydrogen) atoms. The quantitative estimate of drug-likeness (QED) is 0.701. The molecule has 0 amide bonds. The number of benzene rings is 1.